The minimum atomic E-state index is -0.451. The molecule has 1 amide bonds. The number of carbonyl (C=O) groups excluding carboxylic acids is 1. The molecule has 0 spiro atoms. The van der Waals surface area contributed by atoms with Crippen molar-refractivity contribution in [1.82, 2.24) is 9.80 Å². The van der Waals surface area contributed by atoms with E-state index in [1.54, 1.807) is 0 Å². The number of rotatable bonds is 1. The highest BCUT2D eigenvalue weighted by Crippen LogP contribution is 2.38. The lowest BCUT2D eigenvalue weighted by Crippen LogP contribution is -2.61. The first-order valence-corrected chi connectivity index (χ1v) is 9.07. The molecule has 2 N–H and O–H groups in total. The molecule has 0 aromatic carbocycles. The Bertz CT molecular complexity index is 495. The number of carbonyl (C=O) groups is 1. The van der Waals surface area contributed by atoms with Gasteiger partial charge in [0.2, 0.25) is 0 Å². The molecule has 2 bridgehead atoms. The molecule has 4 aliphatic heterocycles. The van der Waals surface area contributed by atoms with E-state index in [-0.39, 0.29) is 30.4 Å². The molecular weight excluding hydrogens is 310 g/mol. The highest BCUT2D eigenvalue weighted by atomic mass is 16.6. The van der Waals surface area contributed by atoms with E-state index in [4.69, 9.17) is 19.9 Å². The molecule has 0 radical (unpaired) electrons. The second-order valence-electron chi connectivity index (χ2n) is 8.54. The normalized spacial score (nSPS) is 42.4. The maximum Gasteiger partial charge on any atom is 0.410 e. The minimum Gasteiger partial charge on any atom is -0.444 e. The third kappa shape index (κ3) is 2.81. The van der Waals surface area contributed by atoms with Gasteiger partial charge in [0.1, 0.15) is 17.8 Å². The van der Waals surface area contributed by atoms with Gasteiger partial charge in [-0.05, 0) is 33.6 Å². The molecule has 136 valence electrons. The van der Waals surface area contributed by atoms with Crippen LogP contribution in [0.5, 0.6) is 0 Å². The standard InChI is InChI=1S/C17H29N3O4/c1-17(2,3)24-16(21)19-6-10-4-5-11(7-19)20(10)13-9-23-14-12(18)8-22-15(13)14/h10-15H,4-9,18H2,1-3H3/t10?,11?,12-,13-,14+,15+/m0/s1. The van der Waals surface area contributed by atoms with Gasteiger partial charge >= 0.3 is 6.09 Å². The number of hydrogen-bond donors (Lipinski definition) is 1. The Kier molecular flexibility index (Phi) is 4.03. The molecule has 0 aromatic heterocycles. The first-order chi connectivity index (χ1) is 11.3. The fourth-order valence-electron chi connectivity index (χ4n) is 4.72. The molecule has 0 aliphatic carbocycles. The molecule has 4 saturated heterocycles. The van der Waals surface area contributed by atoms with Crippen molar-refractivity contribution in [1.29, 1.82) is 0 Å². The van der Waals surface area contributed by atoms with E-state index in [0.717, 1.165) is 25.9 Å². The summed E-state index contributed by atoms with van der Waals surface area (Å²) in [6, 6.07) is 0.982. The summed E-state index contributed by atoms with van der Waals surface area (Å²) in [5.74, 6) is 0. The topological polar surface area (TPSA) is 77.3 Å². The minimum absolute atomic E-state index is 0.0132. The molecule has 24 heavy (non-hydrogen) atoms. The van der Waals surface area contributed by atoms with Crippen LogP contribution in [0.25, 0.3) is 0 Å². The van der Waals surface area contributed by atoms with Crippen LogP contribution in [0, 0.1) is 0 Å². The van der Waals surface area contributed by atoms with Crippen molar-refractivity contribution in [2.75, 3.05) is 26.3 Å². The average Bonchev–Trinajstić information content (AvgIpc) is 3.11. The molecule has 0 saturated carbocycles. The maximum absolute atomic E-state index is 12.4. The zero-order valence-electron chi connectivity index (χ0n) is 14.8. The molecule has 4 aliphatic rings. The van der Waals surface area contributed by atoms with Crippen molar-refractivity contribution in [3.63, 3.8) is 0 Å². The van der Waals surface area contributed by atoms with Gasteiger partial charge in [0, 0.05) is 25.2 Å². The number of likely N-dealkylation sites (tertiary alicyclic amines) is 1. The van der Waals surface area contributed by atoms with Crippen molar-refractivity contribution in [2.24, 2.45) is 5.73 Å². The van der Waals surface area contributed by atoms with Gasteiger partial charge in [-0.25, -0.2) is 4.79 Å². The number of nitrogens with zero attached hydrogens (tertiary/aromatic N) is 2. The average molecular weight is 339 g/mol. The van der Waals surface area contributed by atoms with Gasteiger partial charge in [-0.15, -0.1) is 0 Å². The van der Waals surface area contributed by atoms with Crippen LogP contribution in [-0.2, 0) is 14.2 Å². The number of fused-ring (bicyclic) bond motifs is 3. The molecule has 2 unspecified atom stereocenters. The summed E-state index contributed by atoms with van der Waals surface area (Å²) in [7, 11) is 0. The lowest BCUT2D eigenvalue weighted by molar-refractivity contribution is -0.0306. The number of ether oxygens (including phenoxy) is 3. The van der Waals surface area contributed by atoms with E-state index in [0.29, 0.717) is 25.3 Å². The van der Waals surface area contributed by atoms with Crippen LogP contribution in [0.1, 0.15) is 33.6 Å². The quantitative estimate of drug-likeness (QED) is 0.752. The van der Waals surface area contributed by atoms with Crippen molar-refractivity contribution in [3.05, 3.63) is 0 Å². The third-order valence-corrected chi connectivity index (χ3v) is 5.64. The van der Waals surface area contributed by atoms with E-state index >= 15 is 0 Å². The lowest BCUT2D eigenvalue weighted by atomic mass is 10.0. The molecule has 7 heteroatoms. The monoisotopic (exact) mass is 339 g/mol. The van der Waals surface area contributed by atoms with Gasteiger partial charge < -0.3 is 24.8 Å². The van der Waals surface area contributed by atoms with Gasteiger partial charge in [-0.2, -0.15) is 0 Å². The zero-order chi connectivity index (χ0) is 17.1. The summed E-state index contributed by atoms with van der Waals surface area (Å²) in [6.07, 6.45) is 2.14. The Balaban J connectivity index is 1.43. The van der Waals surface area contributed by atoms with Crippen molar-refractivity contribution >= 4 is 6.09 Å². The zero-order valence-corrected chi connectivity index (χ0v) is 14.8. The van der Waals surface area contributed by atoms with Crippen LogP contribution in [0.15, 0.2) is 0 Å². The third-order valence-electron chi connectivity index (χ3n) is 5.64. The number of piperazine rings is 1. The van der Waals surface area contributed by atoms with Crippen molar-refractivity contribution < 1.29 is 19.0 Å². The van der Waals surface area contributed by atoms with Crippen LogP contribution in [0.4, 0.5) is 4.79 Å². The fourth-order valence-corrected chi connectivity index (χ4v) is 4.72. The molecule has 4 heterocycles. The Hall–Kier alpha value is -0.890. The van der Waals surface area contributed by atoms with Crippen molar-refractivity contribution in [3.8, 4) is 0 Å². The predicted molar refractivity (Wildman–Crippen MR) is 87.7 cm³/mol. The van der Waals surface area contributed by atoms with Crippen LogP contribution < -0.4 is 5.73 Å². The van der Waals surface area contributed by atoms with Gasteiger partial charge in [-0.3, -0.25) is 4.90 Å². The SMILES string of the molecule is CC(C)(C)OC(=O)N1CC2CCC(C1)N2[C@H]1CO[C@H]2[C@@H]1OC[C@@H]2N. The molecule has 0 aromatic rings. The molecule has 4 rings (SSSR count). The van der Waals surface area contributed by atoms with Gasteiger partial charge in [0.15, 0.2) is 0 Å². The first-order valence-electron chi connectivity index (χ1n) is 9.07. The molecule has 6 atom stereocenters. The second-order valence-corrected chi connectivity index (χ2v) is 8.54. The van der Waals surface area contributed by atoms with E-state index < -0.39 is 5.60 Å². The summed E-state index contributed by atoms with van der Waals surface area (Å²) >= 11 is 0. The first kappa shape index (κ1) is 16.6. The number of hydrogen-bond acceptors (Lipinski definition) is 6. The summed E-state index contributed by atoms with van der Waals surface area (Å²) < 4.78 is 17.4. The van der Waals surface area contributed by atoms with Crippen molar-refractivity contribution in [2.45, 2.75) is 75.6 Å². The number of amides is 1. The van der Waals surface area contributed by atoms with E-state index in [1.165, 1.54) is 0 Å². The lowest BCUT2D eigenvalue weighted by Gasteiger charge is -2.44. The van der Waals surface area contributed by atoms with Gasteiger partial charge in [-0.1, -0.05) is 0 Å². The van der Waals surface area contributed by atoms with Crippen LogP contribution in [0.2, 0.25) is 0 Å². The fraction of sp³-hybridized carbons (Fsp3) is 0.941. The highest BCUT2D eigenvalue weighted by molar-refractivity contribution is 5.68. The Labute approximate surface area is 143 Å². The Morgan fingerprint density at radius 2 is 1.71 bits per heavy atom. The van der Waals surface area contributed by atoms with E-state index in [9.17, 15) is 4.79 Å². The van der Waals surface area contributed by atoms with E-state index in [2.05, 4.69) is 4.90 Å². The van der Waals surface area contributed by atoms with Crippen LogP contribution >= 0.6 is 0 Å². The largest absolute Gasteiger partial charge is 0.444 e. The summed E-state index contributed by atoms with van der Waals surface area (Å²) in [5.41, 5.74) is 5.63. The number of nitrogens with two attached hydrogens (primary N) is 1. The molecule has 7 nitrogen and oxygen atoms in total. The maximum atomic E-state index is 12.4. The molecule has 4 fully saturated rings. The van der Waals surface area contributed by atoms with E-state index in [1.807, 2.05) is 25.7 Å². The Morgan fingerprint density at radius 3 is 2.33 bits per heavy atom. The second kappa shape index (κ2) is 5.83. The predicted octanol–water partition coefficient (Wildman–Crippen LogP) is 0.564. The van der Waals surface area contributed by atoms with Gasteiger partial charge in [0.05, 0.1) is 25.3 Å². The summed E-state index contributed by atoms with van der Waals surface area (Å²) in [4.78, 5) is 16.8. The van der Waals surface area contributed by atoms with Crippen LogP contribution in [0.3, 0.4) is 0 Å². The highest BCUT2D eigenvalue weighted by Gasteiger charge is 2.54. The summed E-state index contributed by atoms with van der Waals surface area (Å²) in [6.45, 7) is 8.45. The van der Waals surface area contributed by atoms with Gasteiger partial charge in [0.25, 0.3) is 0 Å². The smallest absolute Gasteiger partial charge is 0.410 e. The molecular formula is C17H29N3O4. The van der Waals surface area contributed by atoms with Crippen LogP contribution in [-0.4, -0.2) is 84.2 Å². The Morgan fingerprint density at radius 1 is 1.08 bits per heavy atom. The summed E-state index contributed by atoms with van der Waals surface area (Å²) in [5, 5.41) is 0.